The van der Waals surface area contributed by atoms with Crippen LogP contribution in [0.3, 0.4) is 0 Å². The zero-order valence-electron chi connectivity index (χ0n) is 15.0. The average molecular weight is 422 g/mol. The molecule has 28 heavy (non-hydrogen) atoms. The number of H-pyrrole nitrogens is 2. The summed E-state index contributed by atoms with van der Waals surface area (Å²) in [6, 6.07) is 5.25. The lowest BCUT2D eigenvalue weighted by atomic mass is 10.2. The quantitative estimate of drug-likeness (QED) is 0.518. The van der Waals surface area contributed by atoms with Crippen LogP contribution in [0.4, 0.5) is 5.69 Å². The third-order valence-corrected chi connectivity index (χ3v) is 5.04. The van der Waals surface area contributed by atoms with Gasteiger partial charge in [0.2, 0.25) is 11.8 Å². The Balaban J connectivity index is 1.59. The molecule has 0 radical (unpaired) electrons. The van der Waals surface area contributed by atoms with Gasteiger partial charge in [0.1, 0.15) is 0 Å². The Labute approximate surface area is 167 Å². The molecule has 0 aliphatic carbocycles. The SMILES string of the molecule is Cc1ccc(NC(=O)CSc2nnc(Cc3c(C)[nH]c(=O)[nH]c3=O)o2)cc1Cl. The van der Waals surface area contributed by atoms with E-state index in [9.17, 15) is 14.4 Å². The minimum Gasteiger partial charge on any atom is -0.416 e. The predicted octanol–water partition coefficient (Wildman–Crippen LogP) is 2.04. The van der Waals surface area contributed by atoms with Crippen molar-refractivity contribution < 1.29 is 9.21 Å². The molecule has 1 amide bonds. The van der Waals surface area contributed by atoms with Crippen LogP contribution >= 0.6 is 23.4 Å². The van der Waals surface area contributed by atoms with E-state index in [1.54, 1.807) is 19.1 Å². The molecule has 146 valence electrons. The van der Waals surface area contributed by atoms with Gasteiger partial charge in [-0.15, -0.1) is 10.2 Å². The number of benzene rings is 1. The Morgan fingerprint density at radius 3 is 2.75 bits per heavy atom. The first-order valence-electron chi connectivity index (χ1n) is 8.15. The van der Waals surface area contributed by atoms with Crippen molar-refractivity contribution in [2.75, 3.05) is 11.1 Å². The van der Waals surface area contributed by atoms with Crippen LogP contribution in [0.2, 0.25) is 5.02 Å². The Kier molecular flexibility index (Phi) is 6.00. The Bertz CT molecular complexity index is 1140. The molecule has 0 saturated heterocycles. The lowest BCUT2D eigenvalue weighted by Crippen LogP contribution is -2.27. The fraction of sp³-hybridized carbons (Fsp3) is 0.235. The van der Waals surface area contributed by atoms with Crippen molar-refractivity contribution in [1.82, 2.24) is 20.2 Å². The van der Waals surface area contributed by atoms with Gasteiger partial charge in [-0.3, -0.25) is 14.6 Å². The number of anilines is 1. The molecule has 3 aromatic rings. The topological polar surface area (TPSA) is 134 Å². The molecule has 3 N–H and O–H groups in total. The van der Waals surface area contributed by atoms with Crippen molar-refractivity contribution in [3.05, 3.63) is 66.8 Å². The molecule has 2 heterocycles. The smallest absolute Gasteiger partial charge is 0.325 e. The summed E-state index contributed by atoms with van der Waals surface area (Å²) in [5, 5.41) is 11.2. The molecule has 9 nitrogen and oxygen atoms in total. The number of carbonyl (C=O) groups is 1. The molecular weight excluding hydrogens is 406 g/mol. The summed E-state index contributed by atoms with van der Waals surface area (Å²) < 4.78 is 5.46. The maximum atomic E-state index is 12.1. The molecule has 0 atom stereocenters. The molecule has 0 spiro atoms. The van der Waals surface area contributed by atoms with Crippen molar-refractivity contribution in [3.63, 3.8) is 0 Å². The van der Waals surface area contributed by atoms with Gasteiger partial charge >= 0.3 is 5.69 Å². The second-order valence-electron chi connectivity index (χ2n) is 5.95. The number of halogens is 1. The first-order valence-corrected chi connectivity index (χ1v) is 9.51. The van der Waals surface area contributed by atoms with Crippen LogP contribution in [-0.2, 0) is 11.2 Å². The molecule has 2 aromatic heterocycles. The Hall–Kier alpha value is -2.85. The number of aromatic amines is 2. The summed E-state index contributed by atoms with van der Waals surface area (Å²) in [7, 11) is 0. The molecule has 0 fully saturated rings. The van der Waals surface area contributed by atoms with Gasteiger partial charge in [0, 0.05) is 22.0 Å². The summed E-state index contributed by atoms with van der Waals surface area (Å²) in [4.78, 5) is 39.8. The van der Waals surface area contributed by atoms with E-state index >= 15 is 0 Å². The van der Waals surface area contributed by atoms with Crippen molar-refractivity contribution >= 4 is 35.0 Å². The van der Waals surface area contributed by atoms with Gasteiger partial charge in [0.15, 0.2) is 0 Å². The highest BCUT2D eigenvalue weighted by atomic mass is 35.5. The number of rotatable bonds is 6. The van der Waals surface area contributed by atoms with E-state index in [1.165, 1.54) is 0 Å². The minimum atomic E-state index is -0.575. The number of nitrogens with one attached hydrogen (secondary N) is 3. The maximum Gasteiger partial charge on any atom is 0.325 e. The zero-order chi connectivity index (χ0) is 20.3. The van der Waals surface area contributed by atoms with Crippen molar-refractivity contribution in [2.45, 2.75) is 25.5 Å². The molecule has 3 rings (SSSR count). The van der Waals surface area contributed by atoms with Crippen LogP contribution < -0.4 is 16.6 Å². The standard InChI is InChI=1S/C17H16ClN5O4S/c1-8-3-4-10(5-12(8)18)20-13(24)7-28-17-23-22-14(27-17)6-11-9(2)19-16(26)21-15(11)25/h3-5H,6-7H2,1-2H3,(H,20,24)(H2,19,21,25,26). The fourth-order valence-corrected chi connectivity index (χ4v) is 3.11. The summed E-state index contributed by atoms with van der Waals surface area (Å²) >= 11 is 7.10. The normalized spacial score (nSPS) is 10.8. The van der Waals surface area contributed by atoms with Crippen molar-refractivity contribution in [3.8, 4) is 0 Å². The fourth-order valence-electron chi connectivity index (χ4n) is 2.35. The van der Waals surface area contributed by atoms with Gasteiger partial charge in [-0.05, 0) is 31.5 Å². The predicted molar refractivity (Wildman–Crippen MR) is 105 cm³/mol. The van der Waals surface area contributed by atoms with Crippen LogP contribution in [-0.4, -0.2) is 31.8 Å². The maximum absolute atomic E-state index is 12.1. The van der Waals surface area contributed by atoms with Gasteiger partial charge in [-0.1, -0.05) is 29.4 Å². The van der Waals surface area contributed by atoms with Crippen LogP contribution in [0.1, 0.15) is 22.7 Å². The highest BCUT2D eigenvalue weighted by molar-refractivity contribution is 7.99. The highest BCUT2D eigenvalue weighted by Gasteiger charge is 2.14. The number of aromatic nitrogens is 4. The number of hydrogen-bond donors (Lipinski definition) is 3. The first-order chi connectivity index (χ1) is 13.3. The molecule has 0 saturated carbocycles. The molecule has 1 aromatic carbocycles. The number of carbonyl (C=O) groups excluding carboxylic acids is 1. The van der Waals surface area contributed by atoms with Gasteiger partial charge in [-0.2, -0.15) is 0 Å². The van der Waals surface area contributed by atoms with E-state index in [4.69, 9.17) is 16.0 Å². The van der Waals surface area contributed by atoms with Gasteiger partial charge in [-0.25, -0.2) is 4.79 Å². The van der Waals surface area contributed by atoms with Crippen molar-refractivity contribution in [1.29, 1.82) is 0 Å². The Morgan fingerprint density at radius 1 is 1.25 bits per heavy atom. The largest absolute Gasteiger partial charge is 0.416 e. The van der Waals surface area contributed by atoms with E-state index < -0.39 is 11.2 Å². The van der Waals surface area contributed by atoms with Crippen LogP contribution in [0.15, 0.2) is 37.4 Å². The third-order valence-electron chi connectivity index (χ3n) is 3.81. The molecule has 0 aliphatic heterocycles. The lowest BCUT2D eigenvalue weighted by molar-refractivity contribution is -0.113. The van der Waals surface area contributed by atoms with Gasteiger partial charge < -0.3 is 14.7 Å². The van der Waals surface area contributed by atoms with E-state index in [1.807, 2.05) is 13.0 Å². The first kappa shape index (κ1) is 19.9. The van der Waals surface area contributed by atoms with E-state index in [2.05, 4.69) is 25.5 Å². The van der Waals surface area contributed by atoms with E-state index in [-0.39, 0.29) is 29.2 Å². The number of amides is 1. The summed E-state index contributed by atoms with van der Waals surface area (Å²) in [6.45, 7) is 3.49. The summed E-state index contributed by atoms with van der Waals surface area (Å²) in [5.74, 6) is 0.0113. The number of aryl methyl sites for hydroxylation is 2. The summed E-state index contributed by atoms with van der Waals surface area (Å²) in [5.41, 5.74) is 1.19. The number of thioether (sulfide) groups is 1. The number of hydrogen-bond acceptors (Lipinski definition) is 7. The second-order valence-corrected chi connectivity index (χ2v) is 7.28. The third kappa shape index (κ3) is 4.90. The molecule has 0 bridgehead atoms. The Morgan fingerprint density at radius 2 is 2.04 bits per heavy atom. The van der Waals surface area contributed by atoms with Crippen LogP contribution in [0.25, 0.3) is 0 Å². The monoisotopic (exact) mass is 421 g/mol. The average Bonchev–Trinajstić information content (AvgIpc) is 3.07. The van der Waals surface area contributed by atoms with Crippen LogP contribution in [0.5, 0.6) is 0 Å². The van der Waals surface area contributed by atoms with Gasteiger partial charge in [0.25, 0.3) is 10.8 Å². The van der Waals surface area contributed by atoms with E-state index in [0.29, 0.717) is 22.0 Å². The second kappa shape index (κ2) is 8.44. The molecular formula is C17H16ClN5O4S. The van der Waals surface area contributed by atoms with Crippen molar-refractivity contribution in [2.24, 2.45) is 0 Å². The highest BCUT2D eigenvalue weighted by Crippen LogP contribution is 2.21. The van der Waals surface area contributed by atoms with Crippen LogP contribution in [0, 0.1) is 13.8 Å². The lowest BCUT2D eigenvalue weighted by Gasteiger charge is -2.05. The number of nitrogens with zero attached hydrogens (tertiary/aromatic N) is 2. The molecule has 0 unspecified atom stereocenters. The van der Waals surface area contributed by atoms with E-state index in [0.717, 1.165) is 17.3 Å². The summed E-state index contributed by atoms with van der Waals surface area (Å²) in [6.07, 6.45) is 0.0690. The van der Waals surface area contributed by atoms with Gasteiger partial charge in [0.05, 0.1) is 12.2 Å². The zero-order valence-corrected chi connectivity index (χ0v) is 16.5. The molecule has 11 heteroatoms. The molecule has 0 aliphatic rings. The minimum absolute atomic E-state index is 0.0609.